The highest BCUT2D eigenvalue weighted by Crippen LogP contribution is 2.42. The molecule has 3 heteroatoms. The largest absolute Gasteiger partial charge is 0.370 e. The first kappa shape index (κ1) is 17.3. The highest BCUT2D eigenvalue weighted by Gasteiger charge is 2.42. The third-order valence-electron chi connectivity index (χ3n) is 5.95. The molecule has 0 bridgehead atoms. The van der Waals surface area contributed by atoms with Crippen molar-refractivity contribution in [1.29, 1.82) is 0 Å². The highest BCUT2D eigenvalue weighted by molar-refractivity contribution is 5.73. The lowest BCUT2D eigenvalue weighted by molar-refractivity contribution is -0.124. The molecule has 136 valence electrons. The van der Waals surface area contributed by atoms with E-state index in [2.05, 4.69) is 60.8 Å². The first-order chi connectivity index (χ1) is 12.6. The Labute approximate surface area is 155 Å². The normalized spacial score (nSPS) is 27.8. The molecule has 1 heterocycles. The first-order valence-electron chi connectivity index (χ1n) is 9.70. The molecule has 0 aromatic heterocycles. The predicted molar refractivity (Wildman–Crippen MR) is 104 cm³/mol. The lowest BCUT2D eigenvalue weighted by Gasteiger charge is -2.39. The number of carbonyl (C=O) groups is 1. The van der Waals surface area contributed by atoms with Crippen LogP contribution in [0.5, 0.6) is 0 Å². The Balaban J connectivity index is 1.55. The van der Waals surface area contributed by atoms with Gasteiger partial charge in [-0.25, -0.2) is 0 Å². The minimum Gasteiger partial charge on any atom is -0.370 e. The van der Waals surface area contributed by atoms with Crippen molar-refractivity contribution in [2.24, 2.45) is 5.92 Å². The van der Waals surface area contributed by atoms with Crippen molar-refractivity contribution in [3.63, 3.8) is 0 Å². The van der Waals surface area contributed by atoms with Gasteiger partial charge in [-0.1, -0.05) is 55.0 Å². The molecule has 2 aromatic rings. The van der Waals surface area contributed by atoms with Crippen molar-refractivity contribution in [1.82, 2.24) is 5.32 Å². The van der Waals surface area contributed by atoms with E-state index in [0.717, 1.165) is 19.3 Å². The molecule has 1 aliphatic heterocycles. The molecule has 2 aliphatic rings. The topological polar surface area (TPSA) is 38.3 Å². The van der Waals surface area contributed by atoms with Crippen molar-refractivity contribution < 1.29 is 9.53 Å². The molecular formula is C23H27NO2. The van der Waals surface area contributed by atoms with Gasteiger partial charge >= 0.3 is 0 Å². The molecule has 2 fully saturated rings. The Morgan fingerprint density at radius 1 is 1.08 bits per heavy atom. The maximum Gasteiger partial charge on any atom is 0.217 e. The standard InChI is InChI=1S/C23H27NO2/c1-15-6-3-4-7-19(15)17-10-12-18(13-11-17)23-14-21(24-16(2)25)20-8-5-9-22(20)26-23/h3-4,6-7,10-13,20-23H,5,8-9,14H2,1-2H3,(H,24,25)/t20-,21+,22+,23+/m0/s1. The molecule has 0 unspecified atom stereocenters. The second-order valence-electron chi connectivity index (χ2n) is 7.74. The molecule has 0 radical (unpaired) electrons. The third-order valence-corrected chi connectivity index (χ3v) is 5.95. The van der Waals surface area contributed by atoms with Gasteiger partial charge in [0.1, 0.15) is 0 Å². The Hall–Kier alpha value is -2.13. The van der Waals surface area contributed by atoms with Crippen LogP contribution in [0.2, 0.25) is 0 Å². The van der Waals surface area contributed by atoms with Gasteiger partial charge in [0, 0.05) is 18.9 Å². The Morgan fingerprint density at radius 3 is 2.58 bits per heavy atom. The van der Waals surface area contributed by atoms with Gasteiger partial charge in [-0.2, -0.15) is 0 Å². The minimum atomic E-state index is 0.0659. The zero-order chi connectivity index (χ0) is 18.1. The number of carbonyl (C=O) groups excluding carboxylic acids is 1. The third kappa shape index (κ3) is 3.41. The zero-order valence-electron chi connectivity index (χ0n) is 15.6. The maximum absolute atomic E-state index is 11.6. The summed E-state index contributed by atoms with van der Waals surface area (Å²) < 4.78 is 6.43. The van der Waals surface area contributed by atoms with Crippen LogP contribution in [0.25, 0.3) is 11.1 Å². The monoisotopic (exact) mass is 349 g/mol. The van der Waals surface area contributed by atoms with E-state index in [0.29, 0.717) is 5.92 Å². The van der Waals surface area contributed by atoms with Gasteiger partial charge in [-0.05, 0) is 48.4 Å². The van der Waals surface area contributed by atoms with Crippen molar-refractivity contribution in [2.75, 3.05) is 0 Å². The quantitative estimate of drug-likeness (QED) is 0.864. The van der Waals surface area contributed by atoms with Crippen LogP contribution in [0.4, 0.5) is 0 Å². The van der Waals surface area contributed by atoms with Crippen LogP contribution in [-0.2, 0) is 9.53 Å². The fourth-order valence-corrected chi connectivity index (χ4v) is 4.67. The molecule has 4 rings (SSSR count). The highest BCUT2D eigenvalue weighted by atomic mass is 16.5. The molecule has 1 saturated carbocycles. The van der Waals surface area contributed by atoms with E-state index in [9.17, 15) is 4.79 Å². The molecular weight excluding hydrogens is 322 g/mol. The summed E-state index contributed by atoms with van der Waals surface area (Å²) in [6.45, 7) is 3.76. The van der Waals surface area contributed by atoms with E-state index in [4.69, 9.17) is 4.74 Å². The van der Waals surface area contributed by atoms with Gasteiger partial charge in [-0.3, -0.25) is 4.79 Å². The summed E-state index contributed by atoms with van der Waals surface area (Å²) in [4.78, 5) is 11.6. The van der Waals surface area contributed by atoms with E-state index in [1.807, 2.05) is 0 Å². The molecule has 1 aliphatic carbocycles. The van der Waals surface area contributed by atoms with E-state index in [1.54, 1.807) is 6.92 Å². The van der Waals surface area contributed by atoms with Crippen LogP contribution in [0, 0.1) is 12.8 Å². The summed E-state index contributed by atoms with van der Waals surface area (Å²) in [6, 6.07) is 17.4. The second kappa shape index (κ2) is 7.24. The van der Waals surface area contributed by atoms with Crippen molar-refractivity contribution >= 4 is 5.91 Å². The number of benzene rings is 2. The number of hydrogen-bond acceptors (Lipinski definition) is 2. The number of ether oxygens (including phenoxy) is 1. The zero-order valence-corrected chi connectivity index (χ0v) is 15.6. The van der Waals surface area contributed by atoms with Crippen LogP contribution >= 0.6 is 0 Å². The fraction of sp³-hybridized carbons (Fsp3) is 0.435. The number of hydrogen-bond donors (Lipinski definition) is 1. The van der Waals surface area contributed by atoms with Crippen LogP contribution < -0.4 is 5.32 Å². The molecule has 3 nitrogen and oxygen atoms in total. The van der Waals surface area contributed by atoms with Gasteiger partial charge in [0.15, 0.2) is 0 Å². The smallest absolute Gasteiger partial charge is 0.217 e. The number of fused-ring (bicyclic) bond motifs is 1. The number of nitrogens with one attached hydrogen (secondary N) is 1. The summed E-state index contributed by atoms with van der Waals surface area (Å²) in [7, 11) is 0. The summed E-state index contributed by atoms with van der Waals surface area (Å²) in [6.07, 6.45) is 4.68. The van der Waals surface area contributed by atoms with E-state index < -0.39 is 0 Å². The Kier molecular flexibility index (Phi) is 4.82. The van der Waals surface area contributed by atoms with Gasteiger partial charge < -0.3 is 10.1 Å². The van der Waals surface area contributed by atoms with Crippen molar-refractivity contribution in [2.45, 2.75) is 57.8 Å². The minimum absolute atomic E-state index is 0.0659. The Morgan fingerprint density at radius 2 is 1.85 bits per heavy atom. The van der Waals surface area contributed by atoms with Crippen LogP contribution in [-0.4, -0.2) is 18.1 Å². The summed E-state index contributed by atoms with van der Waals surface area (Å²) >= 11 is 0. The van der Waals surface area contributed by atoms with Gasteiger partial charge in [-0.15, -0.1) is 0 Å². The molecule has 1 N–H and O–H groups in total. The number of amides is 1. The predicted octanol–water partition coefficient (Wildman–Crippen LogP) is 4.80. The average molecular weight is 349 g/mol. The van der Waals surface area contributed by atoms with Crippen LogP contribution in [0.1, 0.15) is 49.8 Å². The van der Waals surface area contributed by atoms with Crippen LogP contribution in [0.15, 0.2) is 48.5 Å². The number of rotatable bonds is 3. The summed E-state index contributed by atoms with van der Waals surface area (Å²) in [5.41, 5.74) is 5.01. The van der Waals surface area contributed by atoms with Crippen LogP contribution in [0.3, 0.4) is 0 Å². The van der Waals surface area contributed by atoms with Gasteiger partial charge in [0.2, 0.25) is 5.91 Å². The molecule has 4 atom stereocenters. The molecule has 26 heavy (non-hydrogen) atoms. The van der Waals surface area contributed by atoms with Gasteiger partial charge in [0.25, 0.3) is 0 Å². The first-order valence-corrected chi connectivity index (χ1v) is 9.70. The average Bonchev–Trinajstić information content (AvgIpc) is 3.11. The van der Waals surface area contributed by atoms with Gasteiger partial charge in [0.05, 0.1) is 12.2 Å². The van der Waals surface area contributed by atoms with E-state index in [-0.39, 0.29) is 24.2 Å². The molecule has 1 amide bonds. The van der Waals surface area contributed by atoms with Crippen molar-refractivity contribution in [3.05, 3.63) is 59.7 Å². The second-order valence-corrected chi connectivity index (χ2v) is 7.74. The fourth-order valence-electron chi connectivity index (χ4n) is 4.67. The van der Waals surface area contributed by atoms with E-state index in [1.165, 1.54) is 28.7 Å². The maximum atomic E-state index is 11.6. The Bertz CT molecular complexity index is 783. The molecule has 1 saturated heterocycles. The lowest BCUT2D eigenvalue weighted by Crippen LogP contribution is -2.47. The lowest BCUT2D eigenvalue weighted by atomic mass is 9.86. The molecule has 2 aromatic carbocycles. The van der Waals surface area contributed by atoms with E-state index >= 15 is 0 Å². The SMILES string of the molecule is CC(=O)N[C@@H]1C[C@H](c2ccc(-c3ccccc3C)cc2)O[C@@H]2CCC[C@@H]12. The summed E-state index contributed by atoms with van der Waals surface area (Å²) in [5.74, 6) is 0.539. The number of aryl methyl sites for hydroxylation is 1. The van der Waals surface area contributed by atoms with Crippen molar-refractivity contribution in [3.8, 4) is 11.1 Å². The summed E-state index contributed by atoms with van der Waals surface area (Å²) in [5, 5.41) is 3.18. The molecule has 0 spiro atoms.